The molecule has 0 spiro atoms. The quantitative estimate of drug-likeness (QED) is 0.864. The van der Waals surface area contributed by atoms with Crippen LogP contribution in [0.3, 0.4) is 0 Å². The molecule has 3 nitrogen and oxygen atoms in total. The first-order valence-electron chi connectivity index (χ1n) is 5.82. The zero-order chi connectivity index (χ0) is 11.4. The summed E-state index contributed by atoms with van der Waals surface area (Å²) >= 11 is 0. The first-order valence-corrected chi connectivity index (χ1v) is 5.82. The van der Waals surface area contributed by atoms with Gasteiger partial charge in [-0.25, -0.2) is 0 Å². The summed E-state index contributed by atoms with van der Waals surface area (Å²) in [5.41, 5.74) is 2.39. The van der Waals surface area contributed by atoms with Crippen molar-refractivity contribution in [1.82, 2.24) is 10.6 Å². The molecule has 2 rings (SSSR count). The van der Waals surface area contributed by atoms with Crippen LogP contribution in [0.5, 0.6) is 0 Å². The van der Waals surface area contributed by atoms with Crippen molar-refractivity contribution >= 4 is 18.3 Å². The van der Waals surface area contributed by atoms with Gasteiger partial charge in [0.1, 0.15) is 0 Å². The van der Waals surface area contributed by atoms with Crippen molar-refractivity contribution in [2.45, 2.75) is 32.4 Å². The van der Waals surface area contributed by atoms with E-state index in [1.165, 1.54) is 5.56 Å². The standard InChI is InChI=1S/C13H18N2O.ClH/c1-10-4-6-11(7-5-10)9-15-13(16)12-3-2-8-14-12;/h4-7,12,14H,2-3,8-9H2,1H3,(H,15,16);1H/t12-;/m0./s1. The lowest BCUT2D eigenvalue weighted by molar-refractivity contribution is -0.122. The van der Waals surface area contributed by atoms with Crippen LogP contribution in [0.2, 0.25) is 0 Å². The van der Waals surface area contributed by atoms with E-state index in [-0.39, 0.29) is 24.4 Å². The molecule has 0 aliphatic carbocycles. The Morgan fingerprint density at radius 3 is 2.71 bits per heavy atom. The Labute approximate surface area is 108 Å². The van der Waals surface area contributed by atoms with Crippen molar-refractivity contribution in [2.24, 2.45) is 0 Å². The smallest absolute Gasteiger partial charge is 0.237 e. The molecular formula is C13H19ClN2O. The third-order valence-corrected chi connectivity index (χ3v) is 2.96. The molecule has 0 unspecified atom stereocenters. The highest BCUT2D eigenvalue weighted by Crippen LogP contribution is 2.06. The molecule has 0 aromatic heterocycles. The number of hydrogen-bond donors (Lipinski definition) is 2. The van der Waals surface area contributed by atoms with Crippen molar-refractivity contribution in [3.8, 4) is 0 Å². The van der Waals surface area contributed by atoms with Crippen molar-refractivity contribution in [3.05, 3.63) is 35.4 Å². The molecule has 1 aliphatic heterocycles. The lowest BCUT2D eigenvalue weighted by atomic mass is 10.1. The Morgan fingerprint density at radius 2 is 2.12 bits per heavy atom. The van der Waals surface area contributed by atoms with Crippen LogP contribution >= 0.6 is 12.4 Å². The van der Waals surface area contributed by atoms with E-state index in [2.05, 4.69) is 41.8 Å². The first-order chi connectivity index (χ1) is 7.75. The summed E-state index contributed by atoms with van der Waals surface area (Å²) in [5, 5.41) is 6.15. The van der Waals surface area contributed by atoms with Crippen LogP contribution in [0.4, 0.5) is 0 Å². The van der Waals surface area contributed by atoms with Crippen molar-refractivity contribution < 1.29 is 4.79 Å². The maximum Gasteiger partial charge on any atom is 0.237 e. The highest BCUT2D eigenvalue weighted by atomic mass is 35.5. The molecule has 1 aromatic rings. The molecule has 1 aromatic carbocycles. The van der Waals surface area contributed by atoms with E-state index in [9.17, 15) is 4.79 Å². The minimum absolute atomic E-state index is 0. The predicted molar refractivity (Wildman–Crippen MR) is 71.3 cm³/mol. The van der Waals surface area contributed by atoms with Gasteiger partial charge in [-0.3, -0.25) is 4.79 Å². The van der Waals surface area contributed by atoms with Crippen LogP contribution < -0.4 is 10.6 Å². The molecular weight excluding hydrogens is 236 g/mol. The summed E-state index contributed by atoms with van der Waals surface area (Å²) in [6, 6.07) is 8.26. The van der Waals surface area contributed by atoms with Gasteiger partial charge in [0.05, 0.1) is 6.04 Å². The number of aryl methyl sites for hydroxylation is 1. The van der Waals surface area contributed by atoms with Gasteiger partial charge in [-0.15, -0.1) is 12.4 Å². The highest BCUT2D eigenvalue weighted by Gasteiger charge is 2.21. The number of halogens is 1. The predicted octanol–water partition coefficient (Wildman–Crippen LogP) is 1.79. The monoisotopic (exact) mass is 254 g/mol. The largest absolute Gasteiger partial charge is 0.351 e. The van der Waals surface area contributed by atoms with Gasteiger partial charge >= 0.3 is 0 Å². The number of hydrogen-bond acceptors (Lipinski definition) is 2. The molecule has 1 amide bonds. The summed E-state index contributed by atoms with van der Waals surface area (Å²) in [5.74, 6) is 0.123. The number of amides is 1. The average molecular weight is 255 g/mol. The van der Waals surface area contributed by atoms with Crippen LogP contribution in [0.1, 0.15) is 24.0 Å². The molecule has 0 radical (unpaired) electrons. The van der Waals surface area contributed by atoms with Gasteiger partial charge in [-0.1, -0.05) is 29.8 Å². The molecule has 2 N–H and O–H groups in total. The van der Waals surface area contributed by atoms with Crippen LogP contribution in [-0.4, -0.2) is 18.5 Å². The summed E-state index contributed by atoms with van der Waals surface area (Å²) in [6.07, 6.45) is 2.06. The Kier molecular flexibility index (Phi) is 5.45. The number of carbonyl (C=O) groups is 1. The Bertz CT molecular complexity index is 358. The van der Waals surface area contributed by atoms with Crippen LogP contribution in [0, 0.1) is 6.92 Å². The fraction of sp³-hybridized carbons (Fsp3) is 0.462. The van der Waals surface area contributed by atoms with E-state index >= 15 is 0 Å². The van der Waals surface area contributed by atoms with E-state index in [1.54, 1.807) is 0 Å². The van der Waals surface area contributed by atoms with Gasteiger partial charge in [0, 0.05) is 6.54 Å². The number of benzene rings is 1. The van der Waals surface area contributed by atoms with Gasteiger partial charge in [0.2, 0.25) is 5.91 Å². The van der Waals surface area contributed by atoms with E-state index in [4.69, 9.17) is 0 Å². The van der Waals surface area contributed by atoms with Crippen LogP contribution in [-0.2, 0) is 11.3 Å². The average Bonchev–Trinajstić information content (AvgIpc) is 2.81. The molecule has 4 heteroatoms. The molecule has 0 saturated carbocycles. The summed E-state index contributed by atoms with van der Waals surface area (Å²) in [7, 11) is 0. The Hall–Kier alpha value is -1.06. The third-order valence-electron chi connectivity index (χ3n) is 2.96. The fourth-order valence-electron chi connectivity index (χ4n) is 1.93. The van der Waals surface area contributed by atoms with E-state index in [0.29, 0.717) is 6.54 Å². The number of rotatable bonds is 3. The van der Waals surface area contributed by atoms with E-state index in [1.807, 2.05) is 0 Å². The molecule has 1 aliphatic rings. The second-order valence-electron chi connectivity index (χ2n) is 4.35. The zero-order valence-electron chi connectivity index (χ0n) is 10.0. The van der Waals surface area contributed by atoms with E-state index in [0.717, 1.165) is 24.9 Å². The van der Waals surface area contributed by atoms with E-state index < -0.39 is 0 Å². The van der Waals surface area contributed by atoms with Gasteiger partial charge < -0.3 is 10.6 Å². The zero-order valence-corrected chi connectivity index (χ0v) is 10.8. The summed E-state index contributed by atoms with van der Waals surface area (Å²) < 4.78 is 0. The number of nitrogens with one attached hydrogen (secondary N) is 2. The Balaban J connectivity index is 0.00000144. The molecule has 1 atom stereocenters. The maximum absolute atomic E-state index is 11.7. The molecule has 94 valence electrons. The SMILES string of the molecule is Cc1ccc(CNC(=O)[C@@H]2CCCN2)cc1.Cl. The second kappa shape index (κ2) is 6.62. The molecule has 1 heterocycles. The van der Waals surface area contributed by atoms with Gasteiger partial charge in [0.15, 0.2) is 0 Å². The normalized spacial score (nSPS) is 18.5. The molecule has 1 fully saturated rings. The summed E-state index contributed by atoms with van der Waals surface area (Å²) in [4.78, 5) is 11.7. The molecule has 17 heavy (non-hydrogen) atoms. The Morgan fingerprint density at radius 1 is 1.41 bits per heavy atom. The second-order valence-corrected chi connectivity index (χ2v) is 4.35. The van der Waals surface area contributed by atoms with Gasteiger partial charge in [-0.05, 0) is 31.9 Å². The minimum atomic E-state index is 0. The topological polar surface area (TPSA) is 41.1 Å². The lowest BCUT2D eigenvalue weighted by Gasteiger charge is -2.11. The van der Waals surface area contributed by atoms with Gasteiger partial charge in [-0.2, -0.15) is 0 Å². The van der Waals surface area contributed by atoms with Gasteiger partial charge in [0.25, 0.3) is 0 Å². The molecule has 0 bridgehead atoms. The maximum atomic E-state index is 11.7. The number of carbonyl (C=O) groups excluding carboxylic acids is 1. The van der Waals surface area contributed by atoms with Crippen LogP contribution in [0.15, 0.2) is 24.3 Å². The van der Waals surface area contributed by atoms with Crippen molar-refractivity contribution in [3.63, 3.8) is 0 Å². The van der Waals surface area contributed by atoms with Crippen molar-refractivity contribution in [1.29, 1.82) is 0 Å². The van der Waals surface area contributed by atoms with Crippen LogP contribution in [0.25, 0.3) is 0 Å². The fourth-order valence-corrected chi connectivity index (χ4v) is 1.93. The minimum Gasteiger partial charge on any atom is -0.351 e. The third kappa shape index (κ3) is 4.02. The first kappa shape index (κ1) is 14.0. The lowest BCUT2D eigenvalue weighted by Crippen LogP contribution is -2.39. The highest BCUT2D eigenvalue weighted by molar-refractivity contribution is 5.85. The van der Waals surface area contributed by atoms with Crippen molar-refractivity contribution in [2.75, 3.05) is 6.54 Å². The summed E-state index contributed by atoms with van der Waals surface area (Å²) in [6.45, 7) is 3.64. The molecule has 1 saturated heterocycles.